The van der Waals surface area contributed by atoms with Gasteiger partial charge in [0, 0.05) is 5.56 Å². The summed E-state index contributed by atoms with van der Waals surface area (Å²) in [4.78, 5) is 12.7. The number of rotatable bonds is 3. The van der Waals surface area contributed by atoms with E-state index >= 15 is 0 Å². The standard InChI is InChI=1S/C16H23N3O2/c1-11-7-6-8-12(2)13(11)14(20)18-16(15(17)19-21)9-4-3-5-10-16/h6-8,21H,3-5,9-10H2,1-2H3,(H2,17,19)(H,18,20). The minimum atomic E-state index is -0.723. The van der Waals surface area contributed by atoms with Crippen molar-refractivity contribution in [3.8, 4) is 0 Å². The van der Waals surface area contributed by atoms with Gasteiger partial charge in [-0.2, -0.15) is 0 Å². The highest BCUT2D eigenvalue weighted by Crippen LogP contribution is 2.29. The number of amides is 1. The highest BCUT2D eigenvalue weighted by atomic mass is 16.4. The van der Waals surface area contributed by atoms with Gasteiger partial charge < -0.3 is 16.3 Å². The summed E-state index contributed by atoms with van der Waals surface area (Å²) in [6.07, 6.45) is 4.45. The molecule has 0 saturated heterocycles. The van der Waals surface area contributed by atoms with E-state index in [1.54, 1.807) is 0 Å². The first kappa shape index (κ1) is 15.4. The van der Waals surface area contributed by atoms with Crippen molar-refractivity contribution in [2.75, 3.05) is 0 Å². The predicted molar refractivity (Wildman–Crippen MR) is 82.6 cm³/mol. The normalized spacial score (nSPS) is 18.3. The Morgan fingerprint density at radius 2 is 1.81 bits per heavy atom. The van der Waals surface area contributed by atoms with Crippen molar-refractivity contribution in [3.05, 3.63) is 34.9 Å². The van der Waals surface area contributed by atoms with Gasteiger partial charge in [0.05, 0.1) is 0 Å². The molecule has 1 amide bonds. The van der Waals surface area contributed by atoms with Gasteiger partial charge in [0.1, 0.15) is 5.54 Å². The Morgan fingerprint density at radius 1 is 1.24 bits per heavy atom. The zero-order valence-corrected chi connectivity index (χ0v) is 12.6. The Balaban J connectivity index is 2.31. The predicted octanol–water partition coefficient (Wildman–Crippen LogP) is 2.48. The highest BCUT2D eigenvalue weighted by Gasteiger charge is 2.38. The van der Waals surface area contributed by atoms with E-state index in [0.29, 0.717) is 18.4 Å². The Kier molecular flexibility index (Phi) is 4.50. The van der Waals surface area contributed by atoms with Crippen molar-refractivity contribution in [2.24, 2.45) is 10.9 Å². The van der Waals surface area contributed by atoms with Crippen LogP contribution in [0.5, 0.6) is 0 Å². The van der Waals surface area contributed by atoms with Crippen molar-refractivity contribution < 1.29 is 10.0 Å². The summed E-state index contributed by atoms with van der Waals surface area (Å²) in [5, 5.41) is 15.2. The van der Waals surface area contributed by atoms with Gasteiger partial charge >= 0.3 is 0 Å². The van der Waals surface area contributed by atoms with Crippen LogP contribution < -0.4 is 11.1 Å². The molecule has 21 heavy (non-hydrogen) atoms. The fourth-order valence-corrected chi connectivity index (χ4v) is 3.15. The number of nitrogens with two attached hydrogens (primary N) is 1. The molecule has 0 radical (unpaired) electrons. The van der Waals surface area contributed by atoms with Gasteiger partial charge in [0.25, 0.3) is 5.91 Å². The van der Waals surface area contributed by atoms with Crippen molar-refractivity contribution in [3.63, 3.8) is 0 Å². The number of nitrogens with one attached hydrogen (secondary N) is 1. The van der Waals surface area contributed by atoms with Crippen LogP contribution in [0.25, 0.3) is 0 Å². The molecule has 1 aromatic rings. The molecule has 5 heteroatoms. The van der Waals surface area contributed by atoms with Crippen LogP contribution in [0.3, 0.4) is 0 Å². The maximum Gasteiger partial charge on any atom is 0.252 e. The van der Waals surface area contributed by atoms with Crippen LogP contribution in [0, 0.1) is 13.8 Å². The quantitative estimate of drug-likeness (QED) is 0.346. The number of carbonyl (C=O) groups is 1. The van der Waals surface area contributed by atoms with Crippen LogP contribution in [0.4, 0.5) is 0 Å². The summed E-state index contributed by atoms with van der Waals surface area (Å²) in [5.74, 6) is -0.0547. The second kappa shape index (κ2) is 6.16. The van der Waals surface area contributed by atoms with Gasteiger partial charge in [0.2, 0.25) is 0 Å². The smallest absolute Gasteiger partial charge is 0.252 e. The highest BCUT2D eigenvalue weighted by molar-refractivity contribution is 6.02. The summed E-state index contributed by atoms with van der Waals surface area (Å²) < 4.78 is 0. The van der Waals surface area contributed by atoms with Gasteiger partial charge in [-0.15, -0.1) is 0 Å². The molecule has 1 fully saturated rings. The number of benzene rings is 1. The SMILES string of the molecule is Cc1cccc(C)c1C(=O)NC1(/C(N)=N/O)CCCCC1. The van der Waals surface area contributed by atoms with Crippen LogP contribution in [0.1, 0.15) is 53.6 Å². The molecule has 4 N–H and O–H groups in total. The zero-order chi connectivity index (χ0) is 15.5. The van der Waals surface area contributed by atoms with Crippen LogP contribution in [0.15, 0.2) is 23.4 Å². The Labute approximate surface area is 125 Å². The van der Waals surface area contributed by atoms with Gasteiger partial charge in [0.15, 0.2) is 5.84 Å². The molecule has 2 rings (SSSR count). The molecule has 0 aromatic heterocycles. The monoisotopic (exact) mass is 289 g/mol. The van der Waals surface area contributed by atoms with Crippen LogP contribution in [-0.4, -0.2) is 22.5 Å². The fraction of sp³-hybridized carbons (Fsp3) is 0.500. The second-order valence-corrected chi connectivity index (χ2v) is 5.85. The van der Waals surface area contributed by atoms with E-state index in [4.69, 9.17) is 10.9 Å². The largest absolute Gasteiger partial charge is 0.409 e. The second-order valence-electron chi connectivity index (χ2n) is 5.85. The van der Waals surface area contributed by atoms with Gasteiger partial charge in [-0.05, 0) is 37.8 Å². The molecule has 0 atom stereocenters. The summed E-state index contributed by atoms with van der Waals surface area (Å²) in [6.45, 7) is 3.83. The van der Waals surface area contributed by atoms with Crippen LogP contribution in [0.2, 0.25) is 0 Å². The van der Waals surface area contributed by atoms with Crippen LogP contribution in [-0.2, 0) is 0 Å². The Morgan fingerprint density at radius 3 is 2.33 bits per heavy atom. The molecule has 1 aliphatic rings. The maximum absolute atomic E-state index is 12.7. The molecule has 0 heterocycles. The van der Waals surface area contributed by atoms with Crippen molar-refractivity contribution in [1.29, 1.82) is 0 Å². The first-order valence-electron chi connectivity index (χ1n) is 7.37. The number of aryl methyl sites for hydroxylation is 2. The summed E-state index contributed by atoms with van der Waals surface area (Å²) in [7, 11) is 0. The van der Waals surface area contributed by atoms with E-state index in [0.717, 1.165) is 30.4 Å². The average Bonchev–Trinajstić information content (AvgIpc) is 2.47. The molecule has 1 saturated carbocycles. The number of hydrogen-bond acceptors (Lipinski definition) is 3. The Hall–Kier alpha value is -2.04. The fourth-order valence-electron chi connectivity index (χ4n) is 3.15. The van der Waals surface area contributed by atoms with E-state index in [9.17, 15) is 4.79 Å². The molecule has 1 aromatic carbocycles. The van der Waals surface area contributed by atoms with Crippen LogP contribution >= 0.6 is 0 Å². The molecule has 0 spiro atoms. The molecular formula is C16H23N3O2. The summed E-state index contributed by atoms with van der Waals surface area (Å²) >= 11 is 0. The number of oxime groups is 1. The molecular weight excluding hydrogens is 266 g/mol. The van der Waals surface area contributed by atoms with E-state index in [1.807, 2.05) is 32.0 Å². The number of amidine groups is 1. The first-order valence-corrected chi connectivity index (χ1v) is 7.37. The summed E-state index contributed by atoms with van der Waals surface area (Å²) in [5.41, 5.74) is 7.68. The third-order valence-electron chi connectivity index (χ3n) is 4.37. The zero-order valence-electron chi connectivity index (χ0n) is 12.6. The molecule has 0 aliphatic heterocycles. The first-order chi connectivity index (χ1) is 10.00. The van der Waals surface area contributed by atoms with E-state index in [1.165, 1.54) is 0 Å². The Bertz CT molecular complexity index is 540. The molecule has 0 bridgehead atoms. The number of hydrogen-bond donors (Lipinski definition) is 3. The lowest BCUT2D eigenvalue weighted by molar-refractivity contribution is 0.0904. The van der Waals surface area contributed by atoms with Crippen molar-refractivity contribution >= 4 is 11.7 Å². The lowest BCUT2D eigenvalue weighted by Gasteiger charge is -2.37. The molecule has 1 aliphatic carbocycles. The lowest BCUT2D eigenvalue weighted by Crippen LogP contribution is -2.58. The van der Waals surface area contributed by atoms with Gasteiger partial charge in [-0.1, -0.05) is 42.6 Å². The molecule has 114 valence electrons. The van der Waals surface area contributed by atoms with Gasteiger partial charge in [-0.3, -0.25) is 4.79 Å². The van der Waals surface area contributed by atoms with Crippen molar-refractivity contribution in [2.45, 2.75) is 51.5 Å². The minimum absolute atomic E-state index is 0.0989. The van der Waals surface area contributed by atoms with Gasteiger partial charge in [-0.25, -0.2) is 0 Å². The topological polar surface area (TPSA) is 87.7 Å². The average molecular weight is 289 g/mol. The van der Waals surface area contributed by atoms with Crippen molar-refractivity contribution in [1.82, 2.24) is 5.32 Å². The minimum Gasteiger partial charge on any atom is -0.409 e. The third-order valence-corrected chi connectivity index (χ3v) is 4.37. The van der Waals surface area contributed by atoms with E-state index in [-0.39, 0.29) is 11.7 Å². The van der Waals surface area contributed by atoms with E-state index in [2.05, 4.69) is 10.5 Å². The third kappa shape index (κ3) is 3.01. The molecule has 0 unspecified atom stereocenters. The maximum atomic E-state index is 12.7. The summed E-state index contributed by atoms with van der Waals surface area (Å²) in [6, 6.07) is 5.76. The number of nitrogens with zero attached hydrogens (tertiary/aromatic N) is 1. The lowest BCUT2D eigenvalue weighted by atomic mass is 9.80. The number of carbonyl (C=O) groups excluding carboxylic acids is 1. The van der Waals surface area contributed by atoms with E-state index < -0.39 is 5.54 Å². The molecule has 5 nitrogen and oxygen atoms in total.